The average molecular weight is 282 g/mol. The zero-order chi connectivity index (χ0) is 15.1. The topological polar surface area (TPSA) is 76.3 Å². The van der Waals surface area contributed by atoms with Crippen LogP contribution in [0.5, 0.6) is 0 Å². The molecule has 3 N–H and O–H groups in total. The first-order valence-corrected chi connectivity index (χ1v) is 6.82. The summed E-state index contributed by atoms with van der Waals surface area (Å²) >= 11 is 0. The van der Waals surface area contributed by atoms with E-state index >= 15 is 0 Å². The summed E-state index contributed by atoms with van der Waals surface area (Å²) < 4.78 is 0. The molecule has 4 nitrogen and oxygen atoms in total. The molecule has 2 unspecified atom stereocenters. The summed E-state index contributed by atoms with van der Waals surface area (Å²) in [5.41, 5.74) is 2.16. The van der Waals surface area contributed by atoms with Crippen molar-refractivity contribution in [2.24, 2.45) is 0 Å². The number of nitriles is 1. The van der Waals surface area contributed by atoms with Crippen molar-refractivity contribution in [2.75, 3.05) is 13.1 Å². The Morgan fingerprint density at radius 1 is 0.857 bits per heavy atom. The second-order valence-electron chi connectivity index (χ2n) is 4.83. The summed E-state index contributed by atoms with van der Waals surface area (Å²) in [6.07, 6.45) is -1.26. The number of rotatable bonds is 6. The molecule has 0 heterocycles. The van der Waals surface area contributed by atoms with Crippen molar-refractivity contribution in [3.8, 4) is 6.07 Å². The van der Waals surface area contributed by atoms with Gasteiger partial charge in [-0.15, -0.1) is 0 Å². The molecule has 0 aromatic heterocycles. The number of benzene rings is 2. The SMILES string of the molecule is N#Cc1ccc(C(O)CNCC(O)c2ccccc2)cc1. The van der Waals surface area contributed by atoms with Gasteiger partial charge in [-0.1, -0.05) is 42.5 Å². The van der Waals surface area contributed by atoms with Crippen molar-refractivity contribution in [1.29, 1.82) is 5.26 Å². The lowest BCUT2D eigenvalue weighted by atomic mass is 10.1. The molecule has 4 heteroatoms. The highest BCUT2D eigenvalue weighted by atomic mass is 16.3. The maximum atomic E-state index is 10.0. The van der Waals surface area contributed by atoms with Crippen molar-refractivity contribution in [1.82, 2.24) is 5.32 Å². The van der Waals surface area contributed by atoms with Crippen LogP contribution < -0.4 is 5.32 Å². The Bertz CT molecular complexity index is 590. The normalized spacial score (nSPS) is 13.4. The second kappa shape index (κ2) is 7.55. The highest BCUT2D eigenvalue weighted by Crippen LogP contribution is 2.14. The summed E-state index contributed by atoms with van der Waals surface area (Å²) in [6, 6.07) is 18.3. The quantitative estimate of drug-likeness (QED) is 0.756. The number of aliphatic hydroxyl groups is 2. The van der Waals surface area contributed by atoms with E-state index in [2.05, 4.69) is 5.32 Å². The van der Waals surface area contributed by atoms with Gasteiger partial charge < -0.3 is 15.5 Å². The van der Waals surface area contributed by atoms with Crippen LogP contribution in [-0.2, 0) is 0 Å². The lowest BCUT2D eigenvalue weighted by molar-refractivity contribution is 0.147. The van der Waals surface area contributed by atoms with E-state index in [1.807, 2.05) is 36.4 Å². The fraction of sp³-hybridized carbons (Fsp3) is 0.235. The Morgan fingerprint density at radius 2 is 1.38 bits per heavy atom. The molecule has 0 fully saturated rings. The fourth-order valence-electron chi connectivity index (χ4n) is 2.05. The van der Waals surface area contributed by atoms with E-state index in [-0.39, 0.29) is 0 Å². The first kappa shape index (κ1) is 15.2. The summed E-state index contributed by atoms with van der Waals surface area (Å²) in [5, 5.41) is 31.8. The maximum absolute atomic E-state index is 10.0. The minimum Gasteiger partial charge on any atom is -0.387 e. The van der Waals surface area contributed by atoms with Gasteiger partial charge in [-0.3, -0.25) is 0 Å². The molecule has 108 valence electrons. The first-order chi connectivity index (χ1) is 10.2. The minimum atomic E-state index is -0.666. The highest BCUT2D eigenvalue weighted by Gasteiger charge is 2.10. The Labute approximate surface area is 124 Å². The molecule has 0 amide bonds. The van der Waals surface area contributed by atoms with Crippen LogP contribution in [0.4, 0.5) is 0 Å². The van der Waals surface area contributed by atoms with Gasteiger partial charge in [0.2, 0.25) is 0 Å². The molecule has 0 spiro atoms. The van der Waals surface area contributed by atoms with Crippen LogP contribution in [0.25, 0.3) is 0 Å². The summed E-state index contributed by atoms with van der Waals surface area (Å²) in [5.74, 6) is 0. The van der Waals surface area contributed by atoms with E-state index in [9.17, 15) is 10.2 Å². The van der Waals surface area contributed by atoms with Crippen molar-refractivity contribution in [3.63, 3.8) is 0 Å². The van der Waals surface area contributed by atoms with Gasteiger partial charge in [-0.2, -0.15) is 5.26 Å². The third-order valence-electron chi connectivity index (χ3n) is 3.28. The molecule has 0 aliphatic heterocycles. The number of nitrogens with zero attached hydrogens (tertiary/aromatic N) is 1. The Kier molecular flexibility index (Phi) is 5.47. The molecule has 0 saturated carbocycles. The number of nitrogens with one attached hydrogen (secondary N) is 1. The van der Waals surface area contributed by atoms with E-state index in [1.165, 1.54) is 0 Å². The number of aliphatic hydroxyl groups excluding tert-OH is 2. The zero-order valence-electron chi connectivity index (χ0n) is 11.6. The monoisotopic (exact) mass is 282 g/mol. The zero-order valence-corrected chi connectivity index (χ0v) is 11.6. The lowest BCUT2D eigenvalue weighted by Gasteiger charge is -2.15. The van der Waals surface area contributed by atoms with Gasteiger partial charge in [0.25, 0.3) is 0 Å². The van der Waals surface area contributed by atoms with Gasteiger partial charge in [-0.25, -0.2) is 0 Å². The summed E-state index contributed by atoms with van der Waals surface area (Å²) in [7, 11) is 0. The molecule has 0 aliphatic carbocycles. The molecule has 0 bridgehead atoms. The molecule has 2 aromatic carbocycles. The summed E-state index contributed by atoms with van der Waals surface area (Å²) in [6.45, 7) is 0.715. The van der Waals surface area contributed by atoms with Crippen LogP contribution in [0, 0.1) is 11.3 Å². The molecule has 2 aromatic rings. The molecule has 2 rings (SSSR count). The lowest BCUT2D eigenvalue weighted by Crippen LogP contribution is -2.26. The van der Waals surface area contributed by atoms with Crippen molar-refractivity contribution in [3.05, 3.63) is 71.3 Å². The molecular weight excluding hydrogens is 264 g/mol. The number of hydrogen-bond acceptors (Lipinski definition) is 4. The van der Waals surface area contributed by atoms with Gasteiger partial charge in [-0.05, 0) is 23.3 Å². The van der Waals surface area contributed by atoms with E-state index < -0.39 is 12.2 Å². The third kappa shape index (κ3) is 4.40. The van der Waals surface area contributed by atoms with E-state index in [0.717, 1.165) is 11.1 Å². The third-order valence-corrected chi connectivity index (χ3v) is 3.28. The Hall–Kier alpha value is -2.19. The Balaban J connectivity index is 1.81. The van der Waals surface area contributed by atoms with Crippen molar-refractivity contribution in [2.45, 2.75) is 12.2 Å². The molecule has 2 atom stereocenters. The standard InChI is InChI=1S/C17H18N2O2/c18-10-13-6-8-15(9-7-13)17(21)12-19-11-16(20)14-4-2-1-3-5-14/h1-9,16-17,19-21H,11-12H2. The van der Waals surface area contributed by atoms with Gasteiger partial charge >= 0.3 is 0 Å². The number of hydrogen-bond donors (Lipinski definition) is 3. The van der Waals surface area contributed by atoms with Crippen LogP contribution in [0.2, 0.25) is 0 Å². The molecule has 21 heavy (non-hydrogen) atoms. The molecule has 0 aliphatic rings. The Morgan fingerprint density at radius 3 is 1.90 bits per heavy atom. The minimum absolute atomic E-state index is 0.343. The van der Waals surface area contributed by atoms with Gasteiger partial charge in [0.1, 0.15) is 0 Å². The van der Waals surface area contributed by atoms with Crippen LogP contribution >= 0.6 is 0 Å². The van der Waals surface area contributed by atoms with Crippen molar-refractivity contribution < 1.29 is 10.2 Å². The van der Waals surface area contributed by atoms with Crippen molar-refractivity contribution >= 4 is 0 Å². The van der Waals surface area contributed by atoms with Gasteiger partial charge in [0.15, 0.2) is 0 Å². The largest absolute Gasteiger partial charge is 0.387 e. The second-order valence-corrected chi connectivity index (χ2v) is 4.83. The van der Waals surface area contributed by atoms with Gasteiger partial charge in [0.05, 0.1) is 23.8 Å². The molecule has 0 saturated heterocycles. The maximum Gasteiger partial charge on any atom is 0.0991 e. The van der Waals surface area contributed by atoms with Crippen LogP contribution in [-0.4, -0.2) is 23.3 Å². The van der Waals surface area contributed by atoms with E-state index in [1.54, 1.807) is 24.3 Å². The van der Waals surface area contributed by atoms with E-state index in [4.69, 9.17) is 5.26 Å². The summed E-state index contributed by atoms with van der Waals surface area (Å²) in [4.78, 5) is 0. The van der Waals surface area contributed by atoms with Crippen LogP contribution in [0.3, 0.4) is 0 Å². The molecular formula is C17H18N2O2. The smallest absolute Gasteiger partial charge is 0.0991 e. The predicted molar refractivity (Wildman–Crippen MR) is 80.4 cm³/mol. The van der Waals surface area contributed by atoms with Crippen LogP contribution in [0.15, 0.2) is 54.6 Å². The molecule has 0 radical (unpaired) electrons. The fourth-order valence-corrected chi connectivity index (χ4v) is 2.05. The highest BCUT2D eigenvalue weighted by molar-refractivity contribution is 5.32. The first-order valence-electron chi connectivity index (χ1n) is 6.82. The van der Waals surface area contributed by atoms with Gasteiger partial charge in [0, 0.05) is 13.1 Å². The average Bonchev–Trinajstić information content (AvgIpc) is 2.55. The van der Waals surface area contributed by atoms with Crippen LogP contribution in [0.1, 0.15) is 28.9 Å². The predicted octanol–water partition coefficient (Wildman–Crippen LogP) is 1.91. The van der Waals surface area contributed by atoms with E-state index in [0.29, 0.717) is 18.7 Å².